The van der Waals surface area contributed by atoms with E-state index in [1.165, 1.54) is 12.1 Å². The Labute approximate surface area is 116 Å². The number of hydrogen-bond donors (Lipinski definition) is 2. The van der Waals surface area contributed by atoms with Crippen LogP contribution in [0.1, 0.15) is 24.0 Å². The van der Waals surface area contributed by atoms with Gasteiger partial charge in [0.05, 0.1) is 5.56 Å². The lowest BCUT2D eigenvalue weighted by molar-refractivity contribution is -0.137. The molecule has 112 valence electrons. The molecule has 0 spiro atoms. The average Bonchev–Trinajstić information content (AvgIpc) is 2.46. The Balaban J connectivity index is 2.44. The van der Waals surface area contributed by atoms with Crippen LogP contribution in [0.4, 0.5) is 13.2 Å². The highest BCUT2D eigenvalue weighted by Crippen LogP contribution is 2.39. The van der Waals surface area contributed by atoms with E-state index in [2.05, 4.69) is 0 Å². The summed E-state index contributed by atoms with van der Waals surface area (Å²) in [6.07, 6.45) is -3.17. The third-order valence-corrected chi connectivity index (χ3v) is 4.11. The van der Waals surface area contributed by atoms with E-state index in [9.17, 15) is 13.2 Å². The van der Waals surface area contributed by atoms with Crippen LogP contribution < -0.4 is 11.5 Å². The summed E-state index contributed by atoms with van der Waals surface area (Å²) in [4.78, 5) is 0. The first-order valence-electron chi connectivity index (χ1n) is 6.61. The van der Waals surface area contributed by atoms with Gasteiger partial charge in [0, 0.05) is 31.2 Å². The Kier molecular flexibility index (Phi) is 4.36. The lowest BCUT2D eigenvalue weighted by Crippen LogP contribution is -2.52. The standard InChI is InChI=1S/C14H19F3N2O/c15-14(16,17)11-3-1-2-10(8-11)13(12(19)9-18)4-6-20-7-5-13/h1-3,8,12H,4-7,9,18-19H2. The largest absolute Gasteiger partial charge is 0.416 e. The van der Waals surface area contributed by atoms with Gasteiger partial charge >= 0.3 is 6.18 Å². The molecular weight excluding hydrogens is 269 g/mol. The van der Waals surface area contributed by atoms with Gasteiger partial charge in [0.2, 0.25) is 0 Å². The van der Waals surface area contributed by atoms with Gasteiger partial charge in [-0.25, -0.2) is 0 Å². The molecule has 0 bridgehead atoms. The van der Waals surface area contributed by atoms with E-state index in [1.54, 1.807) is 6.07 Å². The van der Waals surface area contributed by atoms with Crippen LogP contribution in [-0.4, -0.2) is 25.8 Å². The van der Waals surface area contributed by atoms with Crippen molar-refractivity contribution in [2.45, 2.75) is 30.5 Å². The van der Waals surface area contributed by atoms with Crippen LogP contribution in [0.3, 0.4) is 0 Å². The van der Waals surface area contributed by atoms with Crippen molar-refractivity contribution < 1.29 is 17.9 Å². The second-order valence-corrected chi connectivity index (χ2v) is 5.19. The fraction of sp³-hybridized carbons (Fsp3) is 0.571. The van der Waals surface area contributed by atoms with Gasteiger partial charge in [-0.15, -0.1) is 0 Å². The Bertz CT molecular complexity index is 456. The lowest BCUT2D eigenvalue weighted by atomic mass is 9.68. The molecule has 1 unspecified atom stereocenters. The quantitative estimate of drug-likeness (QED) is 0.894. The maximum absolute atomic E-state index is 12.9. The molecular formula is C14H19F3N2O. The molecule has 1 atom stereocenters. The van der Waals surface area contributed by atoms with E-state index < -0.39 is 17.2 Å². The molecule has 1 aromatic rings. The summed E-state index contributed by atoms with van der Waals surface area (Å²) in [5.74, 6) is 0. The molecule has 3 nitrogen and oxygen atoms in total. The van der Waals surface area contributed by atoms with Gasteiger partial charge in [0.1, 0.15) is 0 Å². The van der Waals surface area contributed by atoms with E-state index in [0.717, 1.165) is 6.07 Å². The van der Waals surface area contributed by atoms with Crippen molar-refractivity contribution in [2.75, 3.05) is 19.8 Å². The number of alkyl halides is 3. The first-order chi connectivity index (χ1) is 9.40. The summed E-state index contributed by atoms with van der Waals surface area (Å²) in [7, 11) is 0. The molecule has 0 amide bonds. The highest BCUT2D eigenvalue weighted by Gasteiger charge is 2.41. The van der Waals surface area contributed by atoms with Crippen molar-refractivity contribution in [1.82, 2.24) is 0 Å². The van der Waals surface area contributed by atoms with Crippen LogP contribution in [-0.2, 0) is 16.3 Å². The number of ether oxygens (including phenoxy) is 1. The van der Waals surface area contributed by atoms with Crippen LogP contribution in [0.25, 0.3) is 0 Å². The maximum Gasteiger partial charge on any atom is 0.416 e. The van der Waals surface area contributed by atoms with Crippen LogP contribution in [0.15, 0.2) is 24.3 Å². The summed E-state index contributed by atoms with van der Waals surface area (Å²) < 4.78 is 43.9. The normalized spacial score (nSPS) is 20.6. The number of halogens is 3. The van der Waals surface area contributed by atoms with E-state index in [1.807, 2.05) is 0 Å². The summed E-state index contributed by atoms with van der Waals surface area (Å²) in [5, 5.41) is 0. The van der Waals surface area contributed by atoms with Gasteiger partial charge in [0.25, 0.3) is 0 Å². The van der Waals surface area contributed by atoms with Gasteiger partial charge in [-0.2, -0.15) is 13.2 Å². The lowest BCUT2D eigenvalue weighted by Gasteiger charge is -2.42. The fourth-order valence-corrected chi connectivity index (χ4v) is 2.84. The molecule has 0 radical (unpaired) electrons. The van der Waals surface area contributed by atoms with Crippen molar-refractivity contribution in [1.29, 1.82) is 0 Å². The fourth-order valence-electron chi connectivity index (χ4n) is 2.84. The number of benzene rings is 1. The van der Waals surface area contributed by atoms with E-state index >= 15 is 0 Å². The molecule has 1 heterocycles. The Morgan fingerprint density at radius 3 is 2.45 bits per heavy atom. The van der Waals surface area contributed by atoms with Crippen molar-refractivity contribution in [3.8, 4) is 0 Å². The smallest absolute Gasteiger partial charge is 0.381 e. The van der Waals surface area contributed by atoms with E-state index in [4.69, 9.17) is 16.2 Å². The van der Waals surface area contributed by atoms with Crippen molar-refractivity contribution in [3.63, 3.8) is 0 Å². The molecule has 4 N–H and O–H groups in total. The number of hydrogen-bond acceptors (Lipinski definition) is 3. The Morgan fingerprint density at radius 2 is 1.90 bits per heavy atom. The van der Waals surface area contributed by atoms with Gasteiger partial charge in [-0.3, -0.25) is 0 Å². The molecule has 2 rings (SSSR count). The molecule has 0 aromatic heterocycles. The van der Waals surface area contributed by atoms with Gasteiger partial charge < -0.3 is 16.2 Å². The zero-order valence-electron chi connectivity index (χ0n) is 11.1. The molecule has 6 heteroatoms. The second kappa shape index (κ2) is 5.71. The molecule has 1 aliphatic rings. The average molecular weight is 288 g/mol. The summed E-state index contributed by atoms with van der Waals surface area (Å²) in [6.45, 7) is 1.21. The van der Waals surface area contributed by atoms with Crippen molar-refractivity contribution in [3.05, 3.63) is 35.4 Å². The third kappa shape index (κ3) is 2.82. The SMILES string of the molecule is NCC(N)C1(c2cccc(C(F)(F)F)c2)CCOCC1. The minimum atomic E-state index is -4.35. The van der Waals surface area contributed by atoms with Gasteiger partial charge in [-0.05, 0) is 24.5 Å². The van der Waals surface area contributed by atoms with Crippen molar-refractivity contribution >= 4 is 0 Å². The summed E-state index contributed by atoms with van der Waals surface area (Å²) in [5.41, 5.74) is 11.2. The highest BCUT2D eigenvalue weighted by molar-refractivity contribution is 5.34. The minimum Gasteiger partial charge on any atom is -0.381 e. The topological polar surface area (TPSA) is 61.3 Å². The molecule has 1 aliphatic heterocycles. The number of rotatable bonds is 3. The van der Waals surface area contributed by atoms with Crippen LogP contribution in [0, 0.1) is 0 Å². The highest BCUT2D eigenvalue weighted by atomic mass is 19.4. The third-order valence-electron chi connectivity index (χ3n) is 4.11. The first-order valence-corrected chi connectivity index (χ1v) is 6.61. The summed E-state index contributed by atoms with van der Waals surface area (Å²) >= 11 is 0. The predicted molar refractivity (Wildman–Crippen MR) is 70.2 cm³/mol. The van der Waals surface area contributed by atoms with Crippen molar-refractivity contribution in [2.24, 2.45) is 11.5 Å². The number of nitrogens with two attached hydrogens (primary N) is 2. The zero-order valence-corrected chi connectivity index (χ0v) is 11.1. The minimum absolute atomic E-state index is 0.232. The second-order valence-electron chi connectivity index (χ2n) is 5.19. The molecule has 0 saturated carbocycles. The van der Waals surface area contributed by atoms with Gasteiger partial charge in [-0.1, -0.05) is 18.2 Å². The molecule has 1 fully saturated rings. The van der Waals surface area contributed by atoms with E-state index in [0.29, 0.717) is 31.6 Å². The molecule has 0 aliphatic carbocycles. The Hall–Kier alpha value is -1.11. The molecule has 1 saturated heterocycles. The first kappa shape index (κ1) is 15.3. The molecule has 20 heavy (non-hydrogen) atoms. The molecule has 1 aromatic carbocycles. The Morgan fingerprint density at radius 1 is 1.25 bits per heavy atom. The van der Waals surface area contributed by atoms with Gasteiger partial charge in [0.15, 0.2) is 0 Å². The van der Waals surface area contributed by atoms with Crippen LogP contribution >= 0.6 is 0 Å². The summed E-state index contributed by atoms with van der Waals surface area (Å²) in [6, 6.07) is 5.02. The zero-order chi connectivity index (χ0) is 14.8. The van der Waals surface area contributed by atoms with Crippen LogP contribution in [0.2, 0.25) is 0 Å². The monoisotopic (exact) mass is 288 g/mol. The predicted octanol–water partition coefficient (Wildman–Crippen LogP) is 2.04. The van der Waals surface area contributed by atoms with Crippen LogP contribution in [0.5, 0.6) is 0 Å². The van der Waals surface area contributed by atoms with E-state index in [-0.39, 0.29) is 12.6 Å². The maximum atomic E-state index is 12.9.